The molecule has 0 radical (unpaired) electrons. The Morgan fingerprint density at radius 2 is 1.76 bits per heavy atom. The molecule has 0 saturated carbocycles. The molecule has 1 aromatic heterocycles. The van der Waals surface area contributed by atoms with Gasteiger partial charge in [-0.05, 0) is 38.0 Å². The number of nitrogens with zero attached hydrogens (tertiary/aromatic N) is 2. The minimum atomic E-state index is -0.617. The summed E-state index contributed by atoms with van der Waals surface area (Å²) in [6.45, 7) is 8.77. The number of anilines is 1. The topological polar surface area (TPSA) is 99.5 Å². The van der Waals surface area contributed by atoms with Gasteiger partial charge in [0.25, 0.3) is 0 Å². The molecule has 0 atom stereocenters. The summed E-state index contributed by atoms with van der Waals surface area (Å²) < 4.78 is 11.4. The van der Waals surface area contributed by atoms with E-state index in [0.29, 0.717) is 5.92 Å². The van der Waals surface area contributed by atoms with Crippen LogP contribution < -0.4 is 5.32 Å². The van der Waals surface area contributed by atoms with Crippen LogP contribution in [0.1, 0.15) is 51.5 Å². The van der Waals surface area contributed by atoms with Crippen LogP contribution in [0.5, 0.6) is 0 Å². The van der Waals surface area contributed by atoms with E-state index in [0.717, 1.165) is 23.5 Å². The Kier molecular flexibility index (Phi) is 7.14. The fourth-order valence-electron chi connectivity index (χ4n) is 3.05. The highest BCUT2D eigenvalue weighted by atomic mass is 16.5. The van der Waals surface area contributed by atoms with Crippen molar-refractivity contribution in [3.05, 3.63) is 46.3 Å². The first-order chi connectivity index (χ1) is 13.7. The highest BCUT2D eigenvalue weighted by molar-refractivity contribution is 6.03. The second kappa shape index (κ2) is 9.36. The Morgan fingerprint density at radius 3 is 2.34 bits per heavy atom. The molecule has 0 unspecified atom stereocenters. The van der Waals surface area contributed by atoms with Crippen molar-refractivity contribution >= 4 is 23.5 Å². The van der Waals surface area contributed by atoms with Crippen LogP contribution in [0.25, 0.3) is 0 Å². The van der Waals surface area contributed by atoms with Crippen molar-refractivity contribution in [2.75, 3.05) is 19.5 Å². The largest absolute Gasteiger partial charge is 0.465 e. The van der Waals surface area contributed by atoms with E-state index in [-0.39, 0.29) is 29.1 Å². The van der Waals surface area contributed by atoms with Crippen molar-refractivity contribution in [2.45, 2.75) is 40.7 Å². The lowest BCUT2D eigenvalue weighted by atomic mass is 10.1. The number of methoxy groups -OCH3 is 2. The molecule has 0 aliphatic rings. The normalized spacial score (nSPS) is 10.7. The molecule has 0 aliphatic carbocycles. The lowest BCUT2D eigenvalue weighted by Gasteiger charge is -2.12. The molecule has 0 bridgehead atoms. The molecule has 1 N–H and O–H groups in total. The molecule has 1 heterocycles. The molecule has 0 spiro atoms. The number of aryl methyl sites for hydroxylation is 1. The number of hydrogen-bond acceptors (Lipinski definition) is 6. The average molecular weight is 401 g/mol. The summed E-state index contributed by atoms with van der Waals surface area (Å²) in [6, 6.07) is 4.26. The van der Waals surface area contributed by atoms with E-state index in [1.165, 1.54) is 32.4 Å². The Balaban J connectivity index is 2.29. The molecule has 0 aliphatic heterocycles. The van der Waals surface area contributed by atoms with Gasteiger partial charge in [-0.15, -0.1) is 0 Å². The second-order valence-electron chi connectivity index (χ2n) is 7.19. The molecule has 2 aromatic rings. The third-order valence-electron chi connectivity index (χ3n) is 4.53. The van der Waals surface area contributed by atoms with Gasteiger partial charge in [0, 0.05) is 17.8 Å². The lowest BCUT2D eigenvalue weighted by molar-refractivity contribution is -0.115. The Labute approximate surface area is 170 Å². The van der Waals surface area contributed by atoms with Crippen LogP contribution in [-0.2, 0) is 27.2 Å². The van der Waals surface area contributed by atoms with E-state index in [9.17, 15) is 14.4 Å². The maximum Gasteiger partial charge on any atom is 0.339 e. The summed E-state index contributed by atoms with van der Waals surface area (Å²) >= 11 is 0. The summed E-state index contributed by atoms with van der Waals surface area (Å²) in [5.41, 5.74) is 3.11. The van der Waals surface area contributed by atoms with E-state index in [2.05, 4.69) is 24.3 Å². The molecule has 8 nitrogen and oxygen atoms in total. The average Bonchev–Trinajstić information content (AvgIpc) is 2.93. The van der Waals surface area contributed by atoms with Crippen LogP contribution in [0.4, 0.5) is 5.69 Å². The molecule has 156 valence electrons. The SMILES string of the molecule is COC(=O)c1ccc(C(=O)OC)c(NC(=O)Cc2c(C)nn(CC(C)C)c2C)c1. The zero-order valence-corrected chi connectivity index (χ0v) is 17.7. The number of amides is 1. The number of carbonyl (C=O) groups excluding carboxylic acids is 3. The number of aromatic nitrogens is 2. The van der Waals surface area contributed by atoms with Gasteiger partial charge in [0.05, 0.1) is 43.1 Å². The number of nitrogens with one attached hydrogen (secondary N) is 1. The van der Waals surface area contributed by atoms with Gasteiger partial charge < -0.3 is 14.8 Å². The fraction of sp³-hybridized carbons (Fsp3) is 0.429. The zero-order chi connectivity index (χ0) is 21.7. The standard InChI is InChI=1S/C21H27N3O5/c1-12(2)11-24-14(4)17(13(3)23-24)10-19(25)22-18-9-15(20(26)28-5)7-8-16(18)21(27)29-6/h7-9,12H,10-11H2,1-6H3,(H,22,25). The van der Waals surface area contributed by atoms with Crippen molar-refractivity contribution in [1.29, 1.82) is 0 Å². The van der Waals surface area contributed by atoms with Gasteiger partial charge in [0.1, 0.15) is 0 Å². The maximum atomic E-state index is 12.7. The Morgan fingerprint density at radius 1 is 1.10 bits per heavy atom. The third kappa shape index (κ3) is 5.22. The molecule has 8 heteroatoms. The smallest absolute Gasteiger partial charge is 0.339 e. The molecular weight excluding hydrogens is 374 g/mol. The van der Waals surface area contributed by atoms with Gasteiger partial charge in [-0.2, -0.15) is 5.10 Å². The first-order valence-electron chi connectivity index (χ1n) is 9.31. The van der Waals surface area contributed by atoms with Crippen molar-refractivity contribution in [2.24, 2.45) is 5.92 Å². The van der Waals surface area contributed by atoms with Gasteiger partial charge in [-0.3, -0.25) is 9.48 Å². The maximum absolute atomic E-state index is 12.7. The minimum absolute atomic E-state index is 0.0961. The molecule has 1 amide bonds. The fourth-order valence-corrected chi connectivity index (χ4v) is 3.05. The molecule has 0 fully saturated rings. The minimum Gasteiger partial charge on any atom is -0.465 e. The Hall–Kier alpha value is -3.16. The summed E-state index contributed by atoms with van der Waals surface area (Å²) in [5.74, 6) is -1.08. The monoisotopic (exact) mass is 401 g/mol. The van der Waals surface area contributed by atoms with E-state index < -0.39 is 11.9 Å². The van der Waals surface area contributed by atoms with Crippen LogP contribution in [0.3, 0.4) is 0 Å². The molecular formula is C21H27N3O5. The van der Waals surface area contributed by atoms with Crippen molar-refractivity contribution in [1.82, 2.24) is 9.78 Å². The summed E-state index contributed by atoms with van der Waals surface area (Å²) in [7, 11) is 2.51. The number of rotatable bonds is 7. The van der Waals surface area contributed by atoms with Crippen LogP contribution >= 0.6 is 0 Å². The highest BCUT2D eigenvalue weighted by Crippen LogP contribution is 2.21. The van der Waals surface area contributed by atoms with E-state index in [4.69, 9.17) is 9.47 Å². The predicted molar refractivity (Wildman–Crippen MR) is 108 cm³/mol. The quantitative estimate of drug-likeness (QED) is 0.716. The highest BCUT2D eigenvalue weighted by Gasteiger charge is 2.20. The number of ether oxygens (including phenoxy) is 2. The van der Waals surface area contributed by atoms with Gasteiger partial charge in [0.2, 0.25) is 5.91 Å². The van der Waals surface area contributed by atoms with Crippen LogP contribution in [0, 0.1) is 19.8 Å². The van der Waals surface area contributed by atoms with Gasteiger partial charge in [-0.1, -0.05) is 13.8 Å². The third-order valence-corrected chi connectivity index (χ3v) is 4.53. The Bertz CT molecular complexity index is 931. The number of carbonyl (C=O) groups is 3. The molecule has 1 aromatic carbocycles. The van der Waals surface area contributed by atoms with Crippen molar-refractivity contribution < 1.29 is 23.9 Å². The summed E-state index contributed by atoms with van der Waals surface area (Å²) in [4.78, 5) is 36.6. The van der Waals surface area contributed by atoms with E-state index >= 15 is 0 Å². The molecule has 29 heavy (non-hydrogen) atoms. The predicted octanol–water partition coefficient (Wildman–Crippen LogP) is 2.91. The van der Waals surface area contributed by atoms with Crippen LogP contribution in [0.15, 0.2) is 18.2 Å². The summed E-state index contributed by atoms with van der Waals surface area (Å²) in [6.07, 6.45) is 0.0961. The van der Waals surface area contributed by atoms with Gasteiger partial charge in [-0.25, -0.2) is 9.59 Å². The van der Waals surface area contributed by atoms with Gasteiger partial charge in [0.15, 0.2) is 0 Å². The van der Waals surface area contributed by atoms with E-state index in [1.807, 2.05) is 18.5 Å². The molecule has 0 saturated heterocycles. The lowest BCUT2D eigenvalue weighted by Crippen LogP contribution is -2.19. The van der Waals surface area contributed by atoms with E-state index in [1.54, 1.807) is 0 Å². The first-order valence-corrected chi connectivity index (χ1v) is 9.31. The second-order valence-corrected chi connectivity index (χ2v) is 7.19. The first kappa shape index (κ1) is 22.1. The van der Waals surface area contributed by atoms with Crippen LogP contribution in [-0.4, -0.2) is 41.8 Å². The van der Waals surface area contributed by atoms with Gasteiger partial charge >= 0.3 is 11.9 Å². The van der Waals surface area contributed by atoms with Crippen LogP contribution in [0.2, 0.25) is 0 Å². The number of benzene rings is 1. The van der Waals surface area contributed by atoms with Crippen molar-refractivity contribution in [3.63, 3.8) is 0 Å². The zero-order valence-electron chi connectivity index (χ0n) is 17.7. The number of hydrogen-bond donors (Lipinski definition) is 1. The van der Waals surface area contributed by atoms with Crippen molar-refractivity contribution in [3.8, 4) is 0 Å². The number of esters is 2. The molecule has 2 rings (SSSR count). The summed E-state index contributed by atoms with van der Waals surface area (Å²) in [5, 5.41) is 7.23.